The summed E-state index contributed by atoms with van der Waals surface area (Å²) in [4.78, 5) is 0. The fraction of sp³-hybridized carbons (Fsp3) is 1.00. The third-order valence-corrected chi connectivity index (χ3v) is 3.45. The minimum absolute atomic E-state index is 0.0440. The van der Waals surface area contributed by atoms with Crippen LogP contribution in [0.2, 0.25) is 0 Å². The Morgan fingerprint density at radius 1 is 1.43 bits per heavy atom. The van der Waals surface area contributed by atoms with Gasteiger partial charge in [-0.05, 0) is 24.2 Å². The number of aliphatic hydroxyl groups excluding tert-OH is 1. The van der Waals surface area contributed by atoms with Crippen molar-refractivity contribution in [2.75, 3.05) is 6.61 Å². The van der Waals surface area contributed by atoms with E-state index in [1.807, 2.05) is 0 Å². The SMILES string of the molecule is CC(C)NC1(CO)CC(C)(C)CC1C. The standard InChI is InChI=1S/C12H25NO/c1-9(2)13-12(8-14)7-11(4,5)6-10(12)3/h9-10,13-14H,6-8H2,1-5H3. The summed E-state index contributed by atoms with van der Waals surface area (Å²) in [7, 11) is 0. The van der Waals surface area contributed by atoms with E-state index >= 15 is 0 Å². The lowest BCUT2D eigenvalue weighted by Crippen LogP contribution is -2.53. The van der Waals surface area contributed by atoms with E-state index in [0.717, 1.165) is 6.42 Å². The number of aliphatic hydroxyl groups is 1. The van der Waals surface area contributed by atoms with Crippen LogP contribution in [0.4, 0.5) is 0 Å². The van der Waals surface area contributed by atoms with Crippen LogP contribution in [-0.4, -0.2) is 23.3 Å². The molecule has 0 spiro atoms. The van der Waals surface area contributed by atoms with Gasteiger partial charge in [0.15, 0.2) is 0 Å². The first-order valence-electron chi connectivity index (χ1n) is 5.70. The van der Waals surface area contributed by atoms with Gasteiger partial charge in [0.2, 0.25) is 0 Å². The van der Waals surface area contributed by atoms with E-state index < -0.39 is 0 Å². The van der Waals surface area contributed by atoms with E-state index in [1.165, 1.54) is 6.42 Å². The van der Waals surface area contributed by atoms with Crippen molar-refractivity contribution in [2.45, 2.75) is 59.0 Å². The number of nitrogens with one attached hydrogen (secondary N) is 1. The van der Waals surface area contributed by atoms with Gasteiger partial charge in [-0.15, -0.1) is 0 Å². The summed E-state index contributed by atoms with van der Waals surface area (Å²) >= 11 is 0. The lowest BCUT2D eigenvalue weighted by atomic mass is 9.86. The van der Waals surface area contributed by atoms with Crippen molar-refractivity contribution in [3.05, 3.63) is 0 Å². The molecule has 1 aliphatic carbocycles. The molecule has 2 nitrogen and oxygen atoms in total. The van der Waals surface area contributed by atoms with E-state index in [2.05, 4.69) is 39.9 Å². The topological polar surface area (TPSA) is 32.3 Å². The van der Waals surface area contributed by atoms with Crippen LogP contribution < -0.4 is 5.32 Å². The molecular weight excluding hydrogens is 174 g/mol. The van der Waals surface area contributed by atoms with Crippen molar-refractivity contribution in [3.63, 3.8) is 0 Å². The van der Waals surface area contributed by atoms with Crippen molar-refractivity contribution in [2.24, 2.45) is 11.3 Å². The Kier molecular flexibility index (Phi) is 3.27. The lowest BCUT2D eigenvalue weighted by molar-refractivity contribution is 0.117. The third kappa shape index (κ3) is 2.29. The highest BCUT2D eigenvalue weighted by molar-refractivity contribution is 5.04. The van der Waals surface area contributed by atoms with E-state index in [1.54, 1.807) is 0 Å². The molecule has 1 fully saturated rings. The predicted molar refractivity (Wildman–Crippen MR) is 60.3 cm³/mol. The van der Waals surface area contributed by atoms with Crippen LogP contribution in [0, 0.1) is 11.3 Å². The van der Waals surface area contributed by atoms with Crippen molar-refractivity contribution in [1.82, 2.24) is 5.32 Å². The molecule has 0 bridgehead atoms. The quantitative estimate of drug-likeness (QED) is 0.730. The smallest absolute Gasteiger partial charge is 0.0616 e. The maximum atomic E-state index is 9.61. The second kappa shape index (κ2) is 3.82. The Balaban J connectivity index is 2.79. The molecule has 1 aliphatic rings. The minimum Gasteiger partial charge on any atom is -0.394 e. The zero-order chi connectivity index (χ0) is 11.0. The molecule has 0 heterocycles. The maximum absolute atomic E-state index is 9.61. The molecule has 0 saturated heterocycles. The van der Waals surface area contributed by atoms with E-state index in [-0.39, 0.29) is 12.1 Å². The molecule has 0 aliphatic heterocycles. The molecule has 0 amide bonds. The number of hydrogen-bond acceptors (Lipinski definition) is 2. The minimum atomic E-state index is -0.0440. The zero-order valence-corrected chi connectivity index (χ0v) is 10.2. The van der Waals surface area contributed by atoms with Crippen molar-refractivity contribution >= 4 is 0 Å². The van der Waals surface area contributed by atoms with Crippen LogP contribution in [0.5, 0.6) is 0 Å². The van der Waals surface area contributed by atoms with Crippen LogP contribution in [0.1, 0.15) is 47.5 Å². The lowest BCUT2D eigenvalue weighted by Gasteiger charge is -2.35. The summed E-state index contributed by atoms with van der Waals surface area (Å²) in [6.45, 7) is 11.4. The van der Waals surface area contributed by atoms with Gasteiger partial charge in [0, 0.05) is 11.6 Å². The van der Waals surface area contributed by atoms with Gasteiger partial charge in [-0.1, -0.05) is 34.6 Å². The molecule has 0 aromatic carbocycles. The highest BCUT2D eigenvalue weighted by atomic mass is 16.3. The Bertz CT molecular complexity index is 200. The first kappa shape index (κ1) is 12.0. The fourth-order valence-corrected chi connectivity index (χ4v) is 3.15. The maximum Gasteiger partial charge on any atom is 0.0616 e. The first-order chi connectivity index (χ1) is 6.31. The van der Waals surface area contributed by atoms with Gasteiger partial charge < -0.3 is 10.4 Å². The Hall–Kier alpha value is -0.0800. The van der Waals surface area contributed by atoms with Crippen LogP contribution >= 0.6 is 0 Å². The van der Waals surface area contributed by atoms with Gasteiger partial charge in [0.25, 0.3) is 0 Å². The molecule has 2 heteroatoms. The van der Waals surface area contributed by atoms with Crippen LogP contribution in [-0.2, 0) is 0 Å². The molecule has 84 valence electrons. The Morgan fingerprint density at radius 2 is 2.00 bits per heavy atom. The molecular formula is C12H25NO. The van der Waals surface area contributed by atoms with Crippen LogP contribution in [0.15, 0.2) is 0 Å². The van der Waals surface area contributed by atoms with Crippen LogP contribution in [0.3, 0.4) is 0 Å². The van der Waals surface area contributed by atoms with E-state index in [4.69, 9.17) is 0 Å². The molecule has 0 radical (unpaired) electrons. The number of rotatable bonds is 3. The average molecular weight is 199 g/mol. The van der Waals surface area contributed by atoms with E-state index in [9.17, 15) is 5.11 Å². The molecule has 2 N–H and O–H groups in total. The van der Waals surface area contributed by atoms with E-state index in [0.29, 0.717) is 17.4 Å². The van der Waals surface area contributed by atoms with Gasteiger partial charge in [-0.3, -0.25) is 0 Å². The normalized spacial score (nSPS) is 36.6. The van der Waals surface area contributed by atoms with Gasteiger partial charge >= 0.3 is 0 Å². The predicted octanol–water partition coefficient (Wildman–Crippen LogP) is 2.17. The first-order valence-corrected chi connectivity index (χ1v) is 5.70. The molecule has 0 aromatic heterocycles. The summed E-state index contributed by atoms with van der Waals surface area (Å²) in [6.07, 6.45) is 2.28. The fourth-order valence-electron chi connectivity index (χ4n) is 3.15. The van der Waals surface area contributed by atoms with Gasteiger partial charge in [0.05, 0.1) is 6.61 Å². The zero-order valence-electron chi connectivity index (χ0n) is 10.2. The van der Waals surface area contributed by atoms with Crippen molar-refractivity contribution in [1.29, 1.82) is 0 Å². The molecule has 2 unspecified atom stereocenters. The summed E-state index contributed by atoms with van der Waals surface area (Å²) in [5.74, 6) is 0.560. The van der Waals surface area contributed by atoms with Gasteiger partial charge in [0.1, 0.15) is 0 Å². The summed E-state index contributed by atoms with van der Waals surface area (Å²) < 4.78 is 0. The molecule has 0 aromatic rings. The molecule has 1 saturated carbocycles. The highest BCUT2D eigenvalue weighted by Gasteiger charge is 2.48. The van der Waals surface area contributed by atoms with Gasteiger partial charge in [-0.2, -0.15) is 0 Å². The van der Waals surface area contributed by atoms with Crippen molar-refractivity contribution < 1.29 is 5.11 Å². The molecule has 14 heavy (non-hydrogen) atoms. The monoisotopic (exact) mass is 199 g/mol. The third-order valence-electron chi connectivity index (χ3n) is 3.45. The summed E-state index contributed by atoms with van der Waals surface area (Å²) in [6, 6.07) is 0.443. The largest absolute Gasteiger partial charge is 0.394 e. The second-order valence-electron chi connectivity index (χ2n) is 6.06. The summed E-state index contributed by atoms with van der Waals surface area (Å²) in [5, 5.41) is 13.2. The number of hydrogen-bond donors (Lipinski definition) is 2. The average Bonchev–Trinajstić information content (AvgIpc) is 2.21. The van der Waals surface area contributed by atoms with Gasteiger partial charge in [-0.25, -0.2) is 0 Å². The molecule has 1 rings (SSSR count). The second-order valence-corrected chi connectivity index (χ2v) is 6.06. The van der Waals surface area contributed by atoms with Crippen LogP contribution in [0.25, 0.3) is 0 Å². The summed E-state index contributed by atoms with van der Waals surface area (Å²) in [5.41, 5.74) is 0.321. The highest BCUT2D eigenvalue weighted by Crippen LogP contribution is 2.47. The Morgan fingerprint density at radius 3 is 2.29 bits per heavy atom. The molecule has 2 atom stereocenters. The van der Waals surface area contributed by atoms with Crippen molar-refractivity contribution in [3.8, 4) is 0 Å². The Labute approximate surface area is 88.1 Å².